The van der Waals surface area contributed by atoms with E-state index in [4.69, 9.17) is 4.52 Å². The molecule has 2 aromatic carbocycles. The van der Waals surface area contributed by atoms with Crippen molar-refractivity contribution < 1.29 is 18.1 Å². The van der Waals surface area contributed by atoms with Gasteiger partial charge < -0.3 is 9.42 Å². The molecule has 1 saturated heterocycles. The van der Waals surface area contributed by atoms with Crippen molar-refractivity contribution in [1.29, 1.82) is 0 Å². The van der Waals surface area contributed by atoms with Crippen LogP contribution in [0.4, 0.5) is 8.78 Å². The van der Waals surface area contributed by atoms with Gasteiger partial charge in [0, 0.05) is 18.7 Å². The molecule has 1 unspecified atom stereocenters. The summed E-state index contributed by atoms with van der Waals surface area (Å²) in [6.45, 7) is 0.802. The van der Waals surface area contributed by atoms with Gasteiger partial charge in [0.15, 0.2) is 11.6 Å². The third-order valence-electron chi connectivity index (χ3n) is 4.71. The van der Waals surface area contributed by atoms with E-state index in [0.29, 0.717) is 24.8 Å². The Labute approximate surface area is 154 Å². The van der Waals surface area contributed by atoms with E-state index in [1.807, 2.05) is 30.3 Å². The van der Waals surface area contributed by atoms with Gasteiger partial charge in [-0.15, -0.1) is 0 Å². The van der Waals surface area contributed by atoms with Gasteiger partial charge in [-0.3, -0.25) is 4.79 Å². The van der Waals surface area contributed by atoms with E-state index in [1.54, 1.807) is 0 Å². The fourth-order valence-electron chi connectivity index (χ4n) is 3.31. The number of hydrogen-bond acceptors (Lipinski definition) is 4. The van der Waals surface area contributed by atoms with Crippen LogP contribution in [0, 0.1) is 11.6 Å². The van der Waals surface area contributed by atoms with Gasteiger partial charge in [-0.2, -0.15) is 4.98 Å². The minimum Gasteiger partial charge on any atom is -0.339 e. The molecule has 0 aliphatic carbocycles. The van der Waals surface area contributed by atoms with Crippen molar-refractivity contribution in [1.82, 2.24) is 15.0 Å². The zero-order valence-corrected chi connectivity index (χ0v) is 14.4. The topological polar surface area (TPSA) is 59.2 Å². The Kier molecular flexibility index (Phi) is 4.66. The van der Waals surface area contributed by atoms with Crippen LogP contribution in [-0.2, 0) is 0 Å². The summed E-state index contributed by atoms with van der Waals surface area (Å²) < 4.78 is 32.8. The van der Waals surface area contributed by atoms with Crippen molar-refractivity contribution in [2.75, 3.05) is 13.1 Å². The molecule has 0 spiro atoms. The molecule has 5 nitrogen and oxygen atoms in total. The molecular weight excluding hydrogens is 352 g/mol. The summed E-state index contributed by atoms with van der Waals surface area (Å²) >= 11 is 0. The lowest BCUT2D eigenvalue weighted by atomic mass is 9.97. The molecule has 4 rings (SSSR count). The van der Waals surface area contributed by atoms with E-state index in [0.717, 1.165) is 24.5 Å². The average Bonchev–Trinajstić information content (AvgIpc) is 3.21. The van der Waals surface area contributed by atoms with E-state index >= 15 is 0 Å². The van der Waals surface area contributed by atoms with Crippen molar-refractivity contribution in [3.8, 4) is 11.4 Å². The summed E-state index contributed by atoms with van der Waals surface area (Å²) in [5.74, 6) is -1.87. The second-order valence-corrected chi connectivity index (χ2v) is 6.51. The Balaban J connectivity index is 1.52. The summed E-state index contributed by atoms with van der Waals surface area (Å²) in [4.78, 5) is 18.6. The second-order valence-electron chi connectivity index (χ2n) is 6.51. The van der Waals surface area contributed by atoms with Gasteiger partial charge in [0.1, 0.15) is 0 Å². The van der Waals surface area contributed by atoms with Crippen molar-refractivity contribution >= 4 is 5.91 Å². The number of aromatic nitrogens is 2. The second kappa shape index (κ2) is 7.26. The summed E-state index contributed by atoms with van der Waals surface area (Å²) in [6.07, 6.45) is 1.50. The molecule has 3 aromatic rings. The average molecular weight is 369 g/mol. The minimum atomic E-state index is -1.12. The SMILES string of the molecule is O=C(c1cccc(F)c1F)N1CCCC(c2nc(-c3ccccc3)no2)C1. The predicted octanol–water partition coefficient (Wildman–Crippen LogP) is 4.03. The number of carbonyl (C=O) groups is 1. The van der Waals surface area contributed by atoms with Gasteiger partial charge in [-0.05, 0) is 25.0 Å². The summed E-state index contributed by atoms with van der Waals surface area (Å²) in [6, 6.07) is 13.1. The van der Waals surface area contributed by atoms with Gasteiger partial charge in [-0.1, -0.05) is 41.6 Å². The van der Waals surface area contributed by atoms with Gasteiger partial charge in [0.2, 0.25) is 11.7 Å². The molecular formula is C20H17F2N3O2. The predicted molar refractivity (Wildman–Crippen MR) is 94.0 cm³/mol. The number of halogens is 2. The van der Waals surface area contributed by atoms with Crippen LogP contribution in [-0.4, -0.2) is 34.0 Å². The lowest BCUT2D eigenvalue weighted by molar-refractivity contribution is 0.0690. The fourth-order valence-corrected chi connectivity index (χ4v) is 3.31. The zero-order valence-electron chi connectivity index (χ0n) is 14.4. The van der Waals surface area contributed by atoms with E-state index in [1.165, 1.54) is 17.0 Å². The van der Waals surface area contributed by atoms with Gasteiger partial charge >= 0.3 is 0 Å². The lowest BCUT2D eigenvalue weighted by Gasteiger charge is -2.31. The minimum absolute atomic E-state index is 0.135. The highest BCUT2D eigenvalue weighted by Crippen LogP contribution is 2.28. The van der Waals surface area contributed by atoms with E-state index in [2.05, 4.69) is 10.1 Å². The van der Waals surface area contributed by atoms with E-state index < -0.39 is 17.5 Å². The quantitative estimate of drug-likeness (QED) is 0.699. The number of rotatable bonds is 3. The van der Waals surface area contributed by atoms with Crippen LogP contribution in [0.2, 0.25) is 0 Å². The molecule has 0 N–H and O–H groups in total. The number of likely N-dealkylation sites (tertiary alicyclic amines) is 1. The van der Waals surface area contributed by atoms with Crippen molar-refractivity contribution in [3.05, 3.63) is 71.6 Å². The zero-order chi connectivity index (χ0) is 18.8. The Bertz CT molecular complexity index is 959. The Morgan fingerprint density at radius 1 is 1.11 bits per heavy atom. The molecule has 2 heterocycles. The lowest BCUT2D eigenvalue weighted by Crippen LogP contribution is -2.39. The first-order chi connectivity index (χ1) is 13.1. The smallest absolute Gasteiger partial charge is 0.256 e. The number of carbonyl (C=O) groups excluding carboxylic acids is 1. The maximum atomic E-state index is 14.0. The molecule has 7 heteroatoms. The molecule has 27 heavy (non-hydrogen) atoms. The van der Waals surface area contributed by atoms with Crippen LogP contribution < -0.4 is 0 Å². The Hall–Kier alpha value is -3.09. The monoisotopic (exact) mass is 369 g/mol. The molecule has 1 aromatic heterocycles. The van der Waals surface area contributed by atoms with Crippen LogP contribution in [0.1, 0.15) is 35.0 Å². The maximum absolute atomic E-state index is 14.0. The normalized spacial score (nSPS) is 17.1. The first kappa shape index (κ1) is 17.3. The summed E-state index contributed by atoms with van der Waals surface area (Å²) in [7, 11) is 0. The van der Waals surface area contributed by atoms with Crippen molar-refractivity contribution in [2.24, 2.45) is 0 Å². The van der Waals surface area contributed by atoms with Gasteiger partial charge in [0.25, 0.3) is 5.91 Å². The molecule has 0 saturated carbocycles. The van der Waals surface area contributed by atoms with Gasteiger partial charge in [-0.25, -0.2) is 8.78 Å². The Morgan fingerprint density at radius 2 is 1.93 bits per heavy atom. The first-order valence-electron chi connectivity index (χ1n) is 8.76. The Morgan fingerprint density at radius 3 is 2.74 bits per heavy atom. The van der Waals surface area contributed by atoms with Crippen LogP contribution >= 0.6 is 0 Å². The van der Waals surface area contributed by atoms with E-state index in [9.17, 15) is 13.6 Å². The molecule has 138 valence electrons. The highest BCUT2D eigenvalue weighted by Gasteiger charge is 2.30. The molecule has 0 radical (unpaired) electrons. The van der Waals surface area contributed by atoms with Gasteiger partial charge in [0.05, 0.1) is 11.5 Å². The van der Waals surface area contributed by atoms with Crippen molar-refractivity contribution in [2.45, 2.75) is 18.8 Å². The van der Waals surface area contributed by atoms with Crippen LogP contribution in [0.3, 0.4) is 0 Å². The molecule has 1 amide bonds. The van der Waals surface area contributed by atoms with Crippen LogP contribution in [0.5, 0.6) is 0 Å². The molecule has 1 aliphatic rings. The van der Waals surface area contributed by atoms with E-state index in [-0.39, 0.29) is 11.5 Å². The van der Waals surface area contributed by atoms with Crippen molar-refractivity contribution in [3.63, 3.8) is 0 Å². The third kappa shape index (κ3) is 3.45. The fraction of sp³-hybridized carbons (Fsp3) is 0.250. The van der Waals surface area contributed by atoms with Crippen LogP contribution in [0.15, 0.2) is 53.1 Å². The number of hydrogen-bond donors (Lipinski definition) is 0. The highest BCUT2D eigenvalue weighted by molar-refractivity contribution is 5.94. The summed E-state index contributed by atoms with van der Waals surface area (Å²) in [5.41, 5.74) is 0.587. The summed E-state index contributed by atoms with van der Waals surface area (Å²) in [5, 5.41) is 4.02. The highest BCUT2D eigenvalue weighted by atomic mass is 19.2. The third-order valence-corrected chi connectivity index (χ3v) is 4.71. The standard InChI is InChI=1S/C20H17F2N3O2/c21-16-10-4-9-15(17(16)22)20(26)25-11-5-8-14(12-25)19-23-18(24-27-19)13-6-2-1-3-7-13/h1-4,6-7,9-10,14H,5,8,11-12H2. The first-order valence-corrected chi connectivity index (χ1v) is 8.76. The number of piperidine rings is 1. The number of benzene rings is 2. The maximum Gasteiger partial charge on any atom is 0.256 e. The molecule has 1 atom stereocenters. The number of nitrogens with zero attached hydrogens (tertiary/aromatic N) is 3. The molecule has 1 fully saturated rings. The molecule has 0 bridgehead atoms. The number of amides is 1. The van der Waals surface area contributed by atoms with Crippen LogP contribution in [0.25, 0.3) is 11.4 Å². The largest absolute Gasteiger partial charge is 0.339 e. The molecule has 1 aliphatic heterocycles.